The average Bonchev–Trinajstić information content (AvgIpc) is 2.30. The summed E-state index contributed by atoms with van der Waals surface area (Å²) < 4.78 is 27.4. The quantitative estimate of drug-likeness (QED) is 0.827. The zero-order valence-electron chi connectivity index (χ0n) is 11.2. The van der Waals surface area contributed by atoms with Crippen LogP contribution in [0.5, 0.6) is 0 Å². The first-order valence-corrected chi connectivity index (χ1v) is 6.32. The molecule has 0 atom stereocenters. The van der Waals surface area contributed by atoms with Gasteiger partial charge in [0.05, 0.1) is 6.42 Å². The Morgan fingerprint density at radius 3 is 2.32 bits per heavy atom. The monoisotopic (exact) mass is 271 g/mol. The molecular formula is C14H19F2NO2. The van der Waals surface area contributed by atoms with Crippen LogP contribution in [-0.2, 0) is 4.79 Å². The minimum absolute atomic E-state index is 0.0971. The lowest BCUT2D eigenvalue weighted by Crippen LogP contribution is -2.29. The highest BCUT2D eigenvalue weighted by molar-refractivity contribution is 5.67. The number of para-hydroxylation sites is 1. The van der Waals surface area contributed by atoms with Gasteiger partial charge in [0.1, 0.15) is 17.3 Å². The van der Waals surface area contributed by atoms with E-state index >= 15 is 0 Å². The summed E-state index contributed by atoms with van der Waals surface area (Å²) in [6, 6.07) is 3.66. The van der Waals surface area contributed by atoms with Gasteiger partial charge in [0.2, 0.25) is 0 Å². The van der Waals surface area contributed by atoms with Gasteiger partial charge in [0, 0.05) is 13.1 Å². The molecule has 0 amide bonds. The van der Waals surface area contributed by atoms with E-state index < -0.39 is 17.6 Å². The van der Waals surface area contributed by atoms with Crippen LogP contribution < -0.4 is 4.90 Å². The second kappa shape index (κ2) is 7.07. The molecule has 0 radical (unpaired) electrons. The molecule has 3 nitrogen and oxygen atoms in total. The summed E-state index contributed by atoms with van der Waals surface area (Å²) in [5.41, 5.74) is -0.135. The van der Waals surface area contributed by atoms with Gasteiger partial charge >= 0.3 is 5.97 Å². The predicted molar refractivity (Wildman–Crippen MR) is 70.3 cm³/mol. The molecule has 0 aliphatic carbocycles. The zero-order valence-corrected chi connectivity index (χ0v) is 11.2. The molecule has 19 heavy (non-hydrogen) atoms. The second-order valence-electron chi connectivity index (χ2n) is 4.88. The van der Waals surface area contributed by atoms with Crippen LogP contribution in [0.4, 0.5) is 14.5 Å². The molecule has 0 unspecified atom stereocenters. The van der Waals surface area contributed by atoms with E-state index in [2.05, 4.69) is 0 Å². The third-order valence-electron chi connectivity index (χ3n) is 2.83. The predicted octanol–water partition coefficient (Wildman–Crippen LogP) is 3.29. The summed E-state index contributed by atoms with van der Waals surface area (Å²) in [6.45, 7) is 4.54. The summed E-state index contributed by atoms with van der Waals surface area (Å²) >= 11 is 0. The second-order valence-corrected chi connectivity index (χ2v) is 4.88. The molecule has 0 heterocycles. The third-order valence-corrected chi connectivity index (χ3v) is 2.83. The van der Waals surface area contributed by atoms with E-state index in [-0.39, 0.29) is 18.7 Å². The first-order valence-electron chi connectivity index (χ1n) is 6.32. The van der Waals surface area contributed by atoms with E-state index in [1.807, 2.05) is 13.8 Å². The molecule has 5 heteroatoms. The van der Waals surface area contributed by atoms with Crippen molar-refractivity contribution in [2.75, 3.05) is 18.0 Å². The number of hydrogen-bond acceptors (Lipinski definition) is 2. The van der Waals surface area contributed by atoms with E-state index in [0.29, 0.717) is 12.5 Å². The fourth-order valence-corrected chi connectivity index (χ4v) is 1.77. The first kappa shape index (κ1) is 15.4. The number of carboxylic acid groups (broad SMARTS) is 1. The highest BCUT2D eigenvalue weighted by Crippen LogP contribution is 2.24. The van der Waals surface area contributed by atoms with Gasteiger partial charge in [-0.25, -0.2) is 8.78 Å². The fourth-order valence-electron chi connectivity index (χ4n) is 1.77. The Morgan fingerprint density at radius 1 is 1.26 bits per heavy atom. The van der Waals surface area contributed by atoms with Crippen LogP contribution in [0.2, 0.25) is 0 Å². The van der Waals surface area contributed by atoms with Crippen molar-refractivity contribution in [3.05, 3.63) is 29.8 Å². The molecule has 0 saturated heterocycles. The van der Waals surface area contributed by atoms with Crippen LogP contribution in [0, 0.1) is 17.6 Å². The number of rotatable bonds is 7. The van der Waals surface area contributed by atoms with E-state index in [0.717, 1.165) is 6.42 Å². The van der Waals surface area contributed by atoms with E-state index in [1.165, 1.54) is 23.1 Å². The van der Waals surface area contributed by atoms with Crippen LogP contribution >= 0.6 is 0 Å². The lowest BCUT2D eigenvalue weighted by Gasteiger charge is -2.25. The van der Waals surface area contributed by atoms with E-state index in [9.17, 15) is 13.6 Å². The summed E-state index contributed by atoms with van der Waals surface area (Å²) in [4.78, 5) is 12.1. The minimum atomic E-state index is -0.980. The molecular weight excluding hydrogens is 252 g/mol. The number of hydrogen-bond donors (Lipinski definition) is 1. The minimum Gasteiger partial charge on any atom is -0.481 e. The Labute approximate surface area is 111 Å². The van der Waals surface area contributed by atoms with Crippen molar-refractivity contribution in [3.8, 4) is 0 Å². The molecule has 1 aromatic carbocycles. The van der Waals surface area contributed by atoms with Crippen molar-refractivity contribution in [3.63, 3.8) is 0 Å². The van der Waals surface area contributed by atoms with Crippen molar-refractivity contribution < 1.29 is 18.7 Å². The highest BCUT2D eigenvalue weighted by Gasteiger charge is 2.17. The average molecular weight is 271 g/mol. The Balaban J connectivity index is 2.90. The summed E-state index contributed by atoms with van der Waals surface area (Å²) in [6.07, 6.45) is 0.596. The highest BCUT2D eigenvalue weighted by atomic mass is 19.1. The number of carboxylic acids is 1. The van der Waals surface area contributed by atoms with E-state index in [1.54, 1.807) is 0 Å². The summed E-state index contributed by atoms with van der Waals surface area (Å²) in [7, 11) is 0. The van der Waals surface area contributed by atoms with Crippen LogP contribution in [-0.4, -0.2) is 24.2 Å². The lowest BCUT2D eigenvalue weighted by molar-refractivity contribution is -0.136. The lowest BCUT2D eigenvalue weighted by atomic mass is 10.1. The largest absolute Gasteiger partial charge is 0.481 e. The molecule has 1 N–H and O–H groups in total. The number of aliphatic carboxylic acids is 1. The maximum absolute atomic E-state index is 13.7. The number of nitrogens with zero attached hydrogens (tertiary/aromatic N) is 1. The molecule has 0 aromatic heterocycles. The maximum atomic E-state index is 13.7. The summed E-state index contributed by atoms with van der Waals surface area (Å²) in [5, 5.41) is 8.71. The van der Waals surface area contributed by atoms with Gasteiger partial charge in [-0.15, -0.1) is 0 Å². The van der Waals surface area contributed by atoms with Crippen LogP contribution in [0.25, 0.3) is 0 Å². The Morgan fingerprint density at radius 2 is 1.84 bits per heavy atom. The molecule has 0 bridgehead atoms. The van der Waals surface area contributed by atoms with Crippen LogP contribution in [0.3, 0.4) is 0 Å². The molecule has 1 rings (SSSR count). The van der Waals surface area contributed by atoms with Gasteiger partial charge in [0.15, 0.2) is 0 Å². The molecule has 0 fully saturated rings. The van der Waals surface area contributed by atoms with Gasteiger partial charge in [-0.3, -0.25) is 4.79 Å². The number of carbonyl (C=O) groups is 1. The standard InChI is InChI=1S/C14H19F2NO2/c1-10(2)6-8-17(9-7-13(18)19)14-11(15)4-3-5-12(14)16/h3-5,10H,6-9H2,1-2H3,(H,18,19). The fraction of sp³-hybridized carbons (Fsp3) is 0.500. The first-order chi connectivity index (χ1) is 8.91. The van der Waals surface area contributed by atoms with Crippen LogP contribution in [0.1, 0.15) is 26.7 Å². The Kier molecular flexibility index (Phi) is 5.73. The molecule has 0 spiro atoms. The topological polar surface area (TPSA) is 40.5 Å². The SMILES string of the molecule is CC(C)CCN(CCC(=O)O)c1c(F)cccc1F. The molecule has 0 saturated carbocycles. The molecule has 0 aliphatic rings. The van der Waals surface area contributed by atoms with Gasteiger partial charge in [0.25, 0.3) is 0 Å². The number of anilines is 1. The number of halogens is 2. The van der Waals surface area contributed by atoms with Gasteiger partial charge in [-0.05, 0) is 24.5 Å². The van der Waals surface area contributed by atoms with Crippen molar-refractivity contribution in [1.29, 1.82) is 0 Å². The Bertz CT molecular complexity index is 415. The van der Waals surface area contributed by atoms with Gasteiger partial charge < -0.3 is 10.0 Å². The van der Waals surface area contributed by atoms with Crippen molar-refractivity contribution in [2.45, 2.75) is 26.7 Å². The van der Waals surface area contributed by atoms with Gasteiger partial charge in [-0.2, -0.15) is 0 Å². The normalized spacial score (nSPS) is 10.8. The third kappa shape index (κ3) is 4.85. The molecule has 106 valence electrons. The van der Waals surface area contributed by atoms with Crippen molar-refractivity contribution in [2.24, 2.45) is 5.92 Å². The van der Waals surface area contributed by atoms with Gasteiger partial charge in [-0.1, -0.05) is 19.9 Å². The van der Waals surface area contributed by atoms with Crippen LogP contribution in [0.15, 0.2) is 18.2 Å². The number of benzene rings is 1. The van der Waals surface area contributed by atoms with E-state index in [4.69, 9.17) is 5.11 Å². The smallest absolute Gasteiger partial charge is 0.305 e. The summed E-state index contributed by atoms with van der Waals surface area (Å²) in [5.74, 6) is -1.92. The molecule has 0 aliphatic heterocycles. The zero-order chi connectivity index (χ0) is 14.4. The maximum Gasteiger partial charge on any atom is 0.305 e. The van der Waals surface area contributed by atoms with Crippen molar-refractivity contribution >= 4 is 11.7 Å². The Hall–Kier alpha value is -1.65. The van der Waals surface area contributed by atoms with Crippen molar-refractivity contribution in [1.82, 2.24) is 0 Å². The molecule has 1 aromatic rings.